The maximum absolute atomic E-state index is 11.0. The van der Waals surface area contributed by atoms with Crippen LogP contribution in [0.25, 0.3) is 0 Å². The molecule has 0 bridgehead atoms. The highest BCUT2D eigenvalue weighted by Crippen LogP contribution is 2.19. The van der Waals surface area contributed by atoms with Crippen molar-refractivity contribution in [1.29, 1.82) is 0 Å². The van der Waals surface area contributed by atoms with Gasteiger partial charge in [-0.1, -0.05) is 11.8 Å². The van der Waals surface area contributed by atoms with E-state index in [2.05, 4.69) is 15.6 Å². The number of carbonyl (C=O) groups is 1. The van der Waals surface area contributed by atoms with Gasteiger partial charge < -0.3 is 4.57 Å². The van der Waals surface area contributed by atoms with Crippen LogP contribution in [0.5, 0.6) is 0 Å². The number of thioether (sulfide) groups is 1. The summed E-state index contributed by atoms with van der Waals surface area (Å²) in [6.07, 6.45) is 1.58. The van der Waals surface area contributed by atoms with Gasteiger partial charge in [-0.05, 0) is 6.92 Å². The van der Waals surface area contributed by atoms with Gasteiger partial charge in [-0.25, -0.2) is 5.84 Å². The van der Waals surface area contributed by atoms with Crippen LogP contribution in [0.4, 0.5) is 0 Å². The van der Waals surface area contributed by atoms with Gasteiger partial charge >= 0.3 is 0 Å². The van der Waals surface area contributed by atoms with Gasteiger partial charge in [-0.2, -0.15) is 0 Å². The molecule has 1 aromatic heterocycles. The van der Waals surface area contributed by atoms with E-state index in [-0.39, 0.29) is 11.2 Å². The zero-order chi connectivity index (χ0) is 9.84. The molecule has 0 fully saturated rings. The number of carbonyl (C=O) groups excluding carboxylic acids is 1. The van der Waals surface area contributed by atoms with Gasteiger partial charge in [0.05, 0.1) is 5.25 Å². The van der Waals surface area contributed by atoms with Gasteiger partial charge in [0.15, 0.2) is 5.16 Å². The van der Waals surface area contributed by atoms with E-state index in [9.17, 15) is 4.79 Å². The largest absolute Gasteiger partial charge is 0.312 e. The minimum absolute atomic E-state index is 0.229. The van der Waals surface area contributed by atoms with Crippen LogP contribution in [0.2, 0.25) is 0 Å². The van der Waals surface area contributed by atoms with E-state index < -0.39 is 0 Å². The molecular formula is C6H11N5OS. The Morgan fingerprint density at radius 2 is 2.54 bits per heavy atom. The van der Waals surface area contributed by atoms with Crippen LogP contribution in [-0.2, 0) is 11.8 Å². The average Bonchev–Trinajstić information content (AvgIpc) is 2.50. The molecule has 1 unspecified atom stereocenters. The molecule has 0 aliphatic rings. The third kappa shape index (κ3) is 2.43. The number of hydrogen-bond donors (Lipinski definition) is 2. The summed E-state index contributed by atoms with van der Waals surface area (Å²) in [4.78, 5) is 11.0. The maximum atomic E-state index is 11.0. The molecule has 0 aromatic carbocycles. The van der Waals surface area contributed by atoms with Gasteiger partial charge in [0, 0.05) is 7.05 Å². The van der Waals surface area contributed by atoms with E-state index in [1.54, 1.807) is 17.8 Å². The van der Waals surface area contributed by atoms with Crippen molar-refractivity contribution in [3.05, 3.63) is 6.33 Å². The highest BCUT2D eigenvalue weighted by Gasteiger charge is 2.15. The quantitative estimate of drug-likeness (QED) is 0.292. The van der Waals surface area contributed by atoms with Gasteiger partial charge in [0.2, 0.25) is 5.91 Å². The van der Waals surface area contributed by atoms with Crippen LogP contribution < -0.4 is 11.3 Å². The molecule has 0 aliphatic carbocycles. The lowest BCUT2D eigenvalue weighted by Gasteiger charge is -2.07. The lowest BCUT2D eigenvalue weighted by atomic mass is 10.5. The Kier molecular flexibility index (Phi) is 3.26. The number of nitrogens with two attached hydrogens (primary N) is 1. The molecule has 13 heavy (non-hydrogen) atoms. The summed E-state index contributed by atoms with van der Waals surface area (Å²) >= 11 is 1.31. The Morgan fingerprint density at radius 3 is 3.00 bits per heavy atom. The molecule has 0 aliphatic heterocycles. The molecule has 72 valence electrons. The third-order valence-electron chi connectivity index (χ3n) is 1.46. The lowest BCUT2D eigenvalue weighted by molar-refractivity contribution is -0.120. The first kappa shape index (κ1) is 10.0. The molecule has 0 saturated heterocycles. The van der Waals surface area contributed by atoms with Crippen molar-refractivity contribution < 1.29 is 4.79 Å². The second-order valence-electron chi connectivity index (χ2n) is 2.49. The van der Waals surface area contributed by atoms with E-state index in [1.165, 1.54) is 11.8 Å². The summed E-state index contributed by atoms with van der Waals surface area (Å²) in [5.74, 6) is 4.76. The standard InChI is InChI=1S/C6H11N5OS/c1-4(5(12)9-7)13-6-10-8-3-11(6)2/h3-4H,7H2,1-2H3,(H,9,12). The summed E-state index contributed by atoms with van der Waals surface area (Å²) in [6.45, 7) is 1.75. The Balaban J connectivity index is 2.59. The fourth-order valence-corrected chi connectivity index (χ4v) is 1.51. The normalized spacial score (nSPS) is 12.5. The van der Waals surface area contributed by atoms with Crippen molar-refractivity contribution in [2.24, 2.45) is 12.9 Å². The molecule has 1 atom stereocenters. The summed E-state index contributed by atoms with van der Waals surface area (Å²) in [7, 11) is 1.81. The van der Waals surface area contributed by atoms with Crippen molar-refractivity contribution in [3.8, 4) is 0 Å². The topological polar surface area (TPSA) is 85.8 Å². The molecule has 6 nitrogen and oxygen atoms in total. The van der Waals surface area contributed by atoms with Crippen LogP contribution in [0.3, 0.4) is 0 Å². The predicted octanol–water partition coefficient (Wildman–Crippen LogP) is -0.714. The SMILES string of the molecule is CC(Sc1nncn1C)C(=O)NN. The van der Waals surface area contributed by atoms with E-state index in [4.69, 9.17) is 5.84 Å². The Bertz CT molecular complexity index is 299. The molecular weight excluding hydrogens is 190 g/mol. The second kappa shape index (κ2) is 4.24. The van der Waals surface area contributed by atoms with Crippen molar-refractivity contribution in [2.45, 2.75) is 17.3 Å². The molecule has 0 saturated carbocycles. The molecule has 3 N–H and O–H groups in total. The first-order valence-corrected chi connectivity index (χ1v) is 4.54. The molecule has 1 aromatic rings. The van der Waals surface area contributed by atoms with E-state index in [1.807, 2.05) is 7.05 Å². The minimum Gasteiger partial charge on any atom is -0.312 e. The number of nitrogens with one attached hydrogen (secondary N) is 1. The number of hydrazine groups is 1. The van der Waals surface area contributed by atoms with Crippen LogP contribution in [0.15, 0.2) is 11.5 Å². The monoisotopic (exact) mass is 201 g/mol. The number of aryl methyl sites for hydroxylation is 1. The number of hydrogen-bond acceptors (Lipinski definition) is 5. The van der Waals surface area contributed by atoms with Crippen LogP contribution >= 0.6 is 11.8 Å². The zero-order valence-electron chi connectivity index (χ0n) is 7.39. The minimum atomic E-state index is -0.270. The van der Waals surface area contributed by atoms with E-state index in [0.717, 1.165) is 0 Å². The molecule has 1 amide bonds. The zero-order valence-corrected chi connectivity index (χ0v) is 8.21. The van der Waals surface area contributed by atoms with Crippen molar-refractivity contribution in [1.82, 2.24) is 20.2 Å². The smallest absolute Gasteiger partial charge is 0.247 e. The summed E-state index contributed by atoms with van der Waals surface area (Å²) in [5, 5.41) is 7.94. The van der Waals surface area contributed by atoms with Crippen LogP contribution in [0, 0.1) is 0 Å². The molecule has 1 rings (SSSR count). The number of rotatable bonds is 3. The van der Waals surface area contributed by atoms with E-state index >= 15 is 0 Å². The number of nitrogens with zero attached hydrogens (tertiary/aromatic N) is 3. The highest BCUT2D eigenvalue weighted by atomic mass is 32.2. The molecule has 0 radical (unpaired) electrons. The van der Waals surface area contributed by atoms with Crippen molar-refractivity contribution >= 4 is 17.7 Å². The van der Waals surface area contributed by atoms with Gasteiger partial charge in [0.25, 0.3) is 0 Å². The first-order valence-electron chi connectivity index (χ1n) is 3.66. The Morgan fingerprint density at radius 1 is 1.85 bits per heavy atom. The number of aromatic nitrogens is 3. The van der Waals surface area contributed by atoms with Gasteiger partial charge in [-0.3, -0.25) is 10.2 Å². The average molecular weight is 201 g/mol. The third-order valence-corrected chi connectivity index (χ3v) is 2.61. The maximum Gasteiger partial charge on any atom is 0.247 e. The second-order valence-corrected chi connectivity index (χ2v) is 3.80. The number of amides is 1. The van der Waals surface area contributed by atoms with Crippen LogP contribution in [0.1, 0.15) is 6.92 Å². The summed E-state index contributed by atoms with van der Waals surface area (Å²) in [5.41, 5.74) is 2.08. The Hall–Kier alpha value is -1.08. The van der Waals surface area contributed by atoms with Gasteiger partial charge in [0.1, 0.15) is 6.33 Å². The molecule has 7 heteroatoms. The fourth-order valence-electron chi connectivity index (χ4n) is 0.708. The van der Waals surface area contributed by atoms with Gasteiger partial charge in [-0.15, -0.1) is 10.2 Å². The molecule has 0 spiro atoms. The van der Waals surface area contributed by atoms with Crippen molar-refractivity contribution in [2.75, 3.05) is 0 Å². The summed E-state index contributed by atoms with van der Waals surface area (Å²) in [6, 6.07) is 0. The lowest BCUT2D eigenvalue weighted by Crippen LogP contribution is -2.36. The molecule has 1 heterocycles. The van der Waals surface area contributed by atoms with E-state index in [0.29, 0.717) is 5.16 Å². The Labute approximate surface area is 79.9 Å². The van der Waals surface area contributed by atoms with Crippen LogP contribution in [-0.4, -0.2) is 25.9 Å². The highest BCUT2D eigenvalue weighted by molar-refractivity contribution is 8.00. The fraction of sp³-hybridized carbons (Fsp3) is 0.500. The summed E-state index contributed by atoms with van der Waals surface area (Å²) < 4.78 is 1.74. The predicted molar refractivity (Wildman–Crippen MR) is 48.7 cm³/mol. The van der Waals surface area contributed by atoms with Crippen molar-refractivity contribution in [3.63, 3.8) is 0 Å². The first-order chi connectivity index (χ1) is 6.15.